The molecule has 2 heterocycles. The molecule has 0 fully saturated rings. The van der Waals surface area contributed by atoms with E-state index in [2.05, 4.69) is 9.97 Å². The largest absolute Gasteiger partial charge is 0.491 e. The second-order valence-electron chi connectivity index (χ2n) is 2.69. The first kappa shape index (κ1) is 9.33. The summed E-state index contributed by atoms with van der Waals surface area (Å²) in [5.74, 6) is 0.601. The van der Waals surface area contributed by atoms with Crippen LogP contribution >= 0.6 is 11.3 Å². The number of hydrogen-bond acceptors (Lipinski definition) is 5. The summed E-state index contributed by atoms with van der Waals surface area (Å²) in [4.78, 5) is 9.01. The fraction of sp³-hybridized carbons (Fsp3) is 0. The van der Waals surface area contributed by atoms with Crippen LogP contribution in [0.5, 0.6) is 0 Å². The quantitative estimate of drug-likeness (QED) is 0.672. The zero-order chi connectivity index (χ0) is 9.97. The van der Waals surface area contributed by atoms with Crippen molar-refractivity contribution in [2.75, 3.05) is 0 Å². The number of rotatable bonds is 2. The highest BCUT2D eigenvalue weighted by Crippen LogP contribution is 2.19. The number of aromatic nitrogens is 2. The Kier molecular flexibility index (Phi) is 2.58. The Morgan fingerprint density at radius 2 is 1.93 bits per heavy atom. The van der Waals surface area contributed by atoms with Crippen molar-refractivity contribution in [1.29, 1.82) is 0 Å². The molecule has 2 N–H and O–H groups in total. The van der Waals surface area contributed by atoms with Crippen molar-refractivity contribution < 1.29 is 10.0 Å². The molecule has 0 unspecified atom stereocenters. The third-order valence-corrected chi connectivity index (χ3v) is 2.58. The Morgan fingerprint density at radius 1 is 1.21 bits per heavy atom. The molecule has 0 spiro atoms. The van der Waals surface area contributed by atoms with Gasteiger partial charge in [0, 0.05) is 17.9 Å². The van der Waals surface area contributed by atoms with Crippen LogP contribution in [0.25, 0.3) is 10.7 Å². The van der Waals surface area contributed by atoms with Crippen LogP contribution in [-0.2, 0) is 0 Å². The average molecular weight is 206 g/mol. The van der Waals surface area contributed by atoms with Gasteiger partial charge in [-0.05, 0) is 11.4 Å². The normalized spacial score (nSPS) is 10.1. The Hall–Kier alpha value is -1.24. The molecule has 0 aliphatic heterocycles. The minimum atomic E-state index is -1.51. The monoisotopic (exact) mass is 206 g/mol. The van der Waals surface area contributed by atoms with E-state index in [4.69, 9.17) is 10.0 Å². The van der Waals surface area contributed by atoms with E-state index in [1.807, 2.05) is 17.5 Å². The summed E-state index contributed by atoms with van der Waals surface area (Å²) < 4.78 is 0. The first-order valence-electron chi connectivity index (χ1n) is 3.99. The highest BCUT2D eigenvalue weighted by atomic mass is 32.1. The molecule has 4 nitrogen and oxygen atoms in total. The van der Waals surface area contributed by atoms with Gasteiger partial charge in [-0.25, -0.2) is 9.97 Å². The van der Waals surface area contributed by atoms with E-state index in [9.17, 15) is 0 Å². The van der Waals surface area contributed by atoms with Gasteiger partial charge < -0.3 is 10.0 Å². The zero-order valence-corrected chi connectivity index (χ0v) is 7.98. The van der Waals surface area contributed by atoms with Crippen molar-refractivity contribution in [1.82, 2.24) is 9.97 Å². The molecule has 6 heteroatoms. The highest BCUT2D eigenvalue weighted by molar-refractivity contribution is 7.13. The van der Waals surface area contributed by atoms with Gasteiger partial charge in [0.15, 0.2) is 5.82 Å². The summed E-state index contributed by atoms with van der Waals surface area (Å²) in [5, 5.41) is 19.6. The molecule has 14 heavy (non-hydrogen) atoms. The molecular weight excluding hydrogens is 199 g/mol. The SMILES string of the molecule is OB(O)c1cnc(-c2cccs2)nc1. The molecule has 0 bridgehead atoms. The van der Waals surface area contributed by atoms with Gasteiger partial charge in [-0.2, -0.15) is 0 Å². The van der Waals surface area contributed by atoms with Gasteiger partial charge in [-0.15, -0.1) is 11.3 Å². The summed E-state index contributed by atoms with van der Waals surface area (Å²) in [6.07, 6.45) is 2.82. The standard InChI is InChI=1S/C8H7BN2O2S/c12-9(13)6-4-10-8(11-5-6)7-2-1-3-14-7/h1-5,12-13H. The molecule has 0 aromatic carbocycles. The van der Waals surface area contributed by atoms with Crippen molar-refractivity contribution in [3.05, 3.63) is 29.9 Å². The van der Waals surface area contributed by atoms with Crippen LogP contribution in [0.1, 0.15) is 0 Å². The van der Waals surface area contributed by atoms with Gasteiger partial charge in [0.25, 0.3) is 0 Å². The van der Waals surface area contributed by atoms with Crippen molar-refractivity contribution in [2.24, 2.45) is 0 Å². The van der Waals surface area contributed by atoms with Crippen LogP contribution in [0.4, 0.5) is 0 Å². The maximum absolute atomic E-state index is 8.82. The fourth-order valence-corrected chi connectivity index (χ4v) is 1.68. The predicted molar refractivity (Wildman–Crippen MR) is 55.2 cm³/mol. The molecule has 0 aliphatic rings. The van der Waals surface area contributed by atoms with Gasteiger partial charge >= 0.3 is 7.12 Å². The Balaban J connectivity index is 2.31. The Labute approximate surface area is 85.0 Å². The van der Waals surface area contributed by atoms with E-state index in [0.717, 1.165) is 4.88 Å². The van der Waals surface area contributed by atoms with E-state index in [-0.39, 0.29) is 0 Å². The molecule has 0 amide bonds. The van der Waals surface area contributed by atoms with Crippen molar-refractivity contribution >= 4 is 23.9 Å². The molecule has 0 atom stereocenters. The maximum atomic E-state index is 8.82. The molecule has 2 aromatic heterocycles. The van der Waals surface area contributed by atoms with E-state index in [1.54, 1.807) is 11.3 Å². The summed E-state index contributed by atoms with van der Waals surface area (Å²) in [6.45, 7) is 0. The van der Waals surface area contributed by atoms with Crippen LogP contribution < -0.4 is 5.46 Å². The molecule has 0 saturated heterocycles. The van der Waals surface area contributed by atoms with Gasteiger partial charge in [0.05, 0.1) is 4.88 Å². The maximum Gasteiger partial charge on any atom is 0.491 e. The lowest BCUT2D eigenvalue weighted by atomic mass is 9.83. The van der Waals surface area contributed by atoms with Crippen molar-refractivity contribution in [3.63, 3.8) is 0 Å². The van der Waals surface area contributed by atoms with E-state index < -0.39 is 7.12 Å². The minimum absolute atomic E-state index is 0.297. The fourth-order valence-electron chi connectivity index (χ4n) is 1.00. The Bertz CT molecular complexity index is 402. The lowest BCUT2D eigenvalue weighted by molar-refractivity contribution is 0.425. The summed E-state index contributed by atoms with van der Waals surface area (Å²) >= 11 is 1.54. The second kappa shape index (κ2) is 3.87. The van der Waals surface area contributed by atoms with Crippen LogP contribution in [-0.4, -0.2) is 27.1 Å². The average Bonchev–Trinajstić information content (AvgIpc) is 2.71. The summed E-state index contributed by atoms with van der Waals surface area (Å²) in [7, 11) is -1.51. The topological polar surface area (TPSA) is 66.2 Å². The van der Waals surface area contributed by atoms with E-state index in [1.165, 1.54) is 12.4 Å². The first-order chi connectivity index (χ1) is 6.77. The zero-order valence-electron chi connectivity index (χ0n) is 7.16. The van der Waals surface area contributed by atoms with Crippen LogP contribution in [0.3, 0.4) is 0 Å². The second-order valence-corrected chi connectivity index (χ2v) is 3.64. The van der Waals surface area contributed by atoms with Gasteiger partial charge in [-0.3, -0.25) is 0 Å². The summed E-state index contributed by atoms with van der Waals surface area (Å²) in [6, 6.07) is 3.83. The molecule has 2 rings (SSSR count). The van der Waals surface area contributed by atoms with Crippen LogP contribution in [0, 0.1) is 0 Å². The van der Waals surface area contributed by atoms with Gasteiger partial charge in [0.1, 0.15) is 0 Å². The first-order valence-corrected chi connectivity index (χ1v) is 4.87. The van der Waals surface area contributed by atoms with E-state index >= 15 is 0 Å². The molecule has 0 aliphatic carbocycles. The lowest BCUT2D eigenvalue weighted by Crippen LogP contribution is -2.30. The smallest absolute Gasteiger partial charge is 0.423 e. The van der Waals surface area contributed by atoms with Crippen molar-refractivity contribution in [3.8, 4) is 10.7 Å². The van der Waals surface area contributed by atoms with Gasteiger partial charge in [-0.1, -0.05) is 6.07 Å². The summed E-state index contributed by atoms with van der Waals surface area (Å²) in [5.41, 5.74) is 0.297. The highest BCUT2D eigenvalue weighted by Gasteiger charge is 2.12. The molecule has 2 aromatic rings. The predicted octanol–water partition coefficient (Wildman–Crippen LogP) is -0.115. The number of thiophene rings is 1. The third-order valence-electron chi connectivity index (χ3n) is 1.71. The Morgan fingerprint density at radius 3 is 2.43 bits per heavy atom. The number of hydrogen-bond donors (Lipinski definition) is 2. The third kappa shape index (κ3) is 1.82. The molecule has 70 valence electrons. The van der Waals surface area contributed by atoms with Crippen LogP contribution in [0.2, 0.25) is 0 Å². The lowest BCUT2D eigenvalue weighted by Gasteiger charge is -1.98. The van der Waals surface area contributed by atoms with Crippen molar-refractivity contribution in [2.45, 2.75) is 0 Å². The molecule has 0 radical (unpaired) electrons. The van der Waals surface area contributed by atoms with E-state index in [0.29, 0.717) is 11.3 Å². The minimum Gasteiger partial charge on any atom is -0.423 e. The van der Waals surface area contributed by atoms with Gasteiger partial charge in [0.2, 0.25) is 0 Å². The molecular formula is C8H7BN2O2S. The molecule has 0 saturated carbocycles. The number of nitrogens with zero attached hydrogens (tertiary/aromatic N) is 2. The van der Waals surface area contributed by atoms with Crippen LogP contribution in [0.15, 0.2) is 29.9 Å².